The van der Waals surface area contributed by atoms with Gasteiger partial charge in [-0.3, -0.25) is 24.1 Å². The zero-order valence-electron chi connectivity index (χ0n) is 46.5. The van der Waals surface area contributed by atoms with Gasteiger partial charge in [-0.2, -0.15) is 0 Å². The van der Waals surface area contributed by atoms with Gasteiger partial charge < -0.3 is 50.1 Å². The lowest BCUT2D eigenvalue weighted by Crippen LogP contribution is -2.63. The van der Waals surface area contributed by atoms with Crippen LogP contribution in [0.2, 0.25) is 0 Å². The predicted molar refractivity (Wildman–Crippen MR) is 276 cm³/mol. The number of esters is 1. The van der Waals surface area contributed by atoms with E-state index in [1.165, 1.54) is 35.9 Å². The van der Waals surface area contributed by atoms with Gasteiger partial charge in [-0.15, -0.1) is 0 Å². The molecular weight excluding hydrogens is 946 g/mol. The van der Waals surface area contributed by atoms with E-state index in [0.717, 1.165) is 0 Å². The third kappa shape index (κ3) is 19.0. The summed E-state index contributed by atoms with van der Waals surface area (Å²) in [5.74, 6) is -5.42. The Labute approximate surface area is 431 Å². The molecule has 0 fully saturated rings. The number of rotatable bonds is 23. The number of aliphatic carboxylic acids is 1. The van der Waals surface area contributed by atoms with Crippen LogP contribution in [0.1, 0.15) is 142 Å². The van der Waals surface area contributed by atoms with Crippen LogP contribution in [0.15, 0.2) is 36.0 Å². The molecule has 0 saturated carbocycles. The highest BCUT2D eigenvalue weighted by atomic mass is 19.1. The fourth-order valence-corrected chi connectivity index (χ4v) is 8.30. The summed E-state index contributed by atoms with van der Waals surface area (Å²) >= 11 is 0. The first-order chi connectivity index (χ1) is 33.4. The maximum absolute atomic E-state index is 15.0. The molecule has 0 aliphatic heterocycles. The average Bonchev–Trinajstić information content (AvgIpc) is 3.58. The topological polar surface area (TPSA) is 244 Å². The zero-order valence-corrected chi connectivity index (χ0v) is 46.5. The van der Waals surface area contributed by atoms with E-state index in [2.05, 4.69) is 21.3 Å². The summed E-state index contributed by atoms with van der Waals surface area (Å²) in [4.78, 5) is 110. The highest BCUT2D eigenvalue weighted by molar-refractivity contribution is 5.97. The minimum atomic E-state index is -1.30. The van der Waals surface area contributed by atoms with E-state index in [-0.39, 0.29) is 43.9 Å². The highest BCUT2D eigenvalue weighted by Gasteiger charge is 2.47. The van der Waals surface area contributed by atoms with Crippen molar-refractivity contribution in [3.63, 3.8) is 0 Å². The number of halogens is 1. The third-order valence-electron chi connectivity index (χ3n) is 12.1. The number of nitrogens with zero attached hydrogens (tertiary/aromatic N) is 3. The van der Waals surface area contributed by atoms with Crippen LogP contribution >= 0.6 is 0 Å². The summed E-state index contributed by atoms with van der Waals surface area (Å²) in [6.07, 6.45) is 2.23. The number of aryl methyl sites for hydroxylation is 1. The summed E-state index contributed by atoms with van der Waals surface area (Å²) in [5, 5.41) is 21.0. The molecule has 0 saturated heterocycles. The Morgan fingerprint density at radius 3 is 1.96 bits per heavy atom. The first-order valence-electron chi connectivity index (χ1n) is 24.9. The number of likely N-dealkylation sites (N-methyl/N-ethyl adjacent to an activating group) is 2. The number of carbonyl (C=O) groups excluding carboxylic acids is 7. The van der Waals surface area contributed by atoms with Crippen molar-refractivity contribution in [3.05, 3.63) is 47.4 Å². The Morgan fingerprint density at radius 1 is 0.822 bits per heavy atom. The highest BCUT2D eigenvalue weighted by Crippen LogP contribution is 2.38. The molecule has 73 heavy (non-hydrogen) atoms. The van der Waals surface area contributed by atoms with Gasteiger partial charge in [-0.25, -0.2) is 23.6 Å². The molecule has 0 aliphatic carbocycles. The number of fused-ring (bicyclic) bond motifs is 1. The number of nitrogens with one attached hydrogen (secondary N) is 4. The summed E-state index contributed by atoms with van der Waals surface area (Å²) in [6, 6.07) is -1.42. The number of hydrogen-bond donors (Lipinski definition) is 5. The summed E-state index contributed by atoms with van der Waals surface area (Å²) in [5.41, 5.74) is -2.32. The van der Waals surface area contributed by atoms with Gasteiger partial charge in [0.2, 0.25) is 23.6 Å². The predicted octanol–water partition coefficient (Wildman–Crippen LogP) is 6.88. The molecule has 2 rings (SSSR count). The number of benzene rings is 1. The van der Waals surface area contributed by atoms with Crippen molar-refractivity contribution in [1.29, 1.82) is 0 Å². The number of hydrogen-bond acceptors (Lipinski definition) is 11. The number of carboxylic acid groups (broad SMARTS) is 1. The standard InChI is InChI=1S/C53H84FN7O12/c1-19-71-47(68)37(24-26-40(62)56-36(46(66)67)22-20-21-27-55-48(69)72-51(8,9)10)57-43(63)32(4)28-39(31(2)3)60(17)45(65)41(50(5,6)7)58-44(64)42(61(18)49(70)73-52(11,12)13)53(14,15)35-30-59(16)38-25-23-33(54)29-34(35)38/h23,25,28-31,36-37,39,41-42H,19-22,24,26-27H2,1-18H3,(H,55,69)(H,56,62)(H,57,63)(H,58,64)(H,66,67)/b32-28+/t36-,37+,39+,41+,42+/m0/s1. The Kier molecular flexibility index (Phi) is 22.5. The van der Waals surface area contributed by atoms with Gasteiger partial charge in [0.1, 0.15) is 41.2 Å². The molecule has 0 unspecified atom stereocenters. The number of alkyl carbamates (subject to hydrolysis) is 1. The van der Waals surface area contributed by atoms with Gasteiger partial charge in [0.15, 0.2) is 0 Å². The Hall–Kier alpha value is -6.21. The molecule has 0 aliphatic rings. The lowest BCUT2D eigenvalue weighted by molar-refractivity contribution is -0.147. The molecule has 0 bridgehead atoms. The fraction of sp³-hybridized carbons (Fsp3) is 0.660. The minimum absolute atomic E-state index is 0.0252. The van der Waals surface area contributed by atoms with E-state index in [0.29, 0.717) is 29.3 Å². The van der Waals surface area contributed by atoms with Gasteiger partial charge >= 0.3 is 24.1 Å². The van der Waals surface area contributed by atoms with Crippen molar-refractivity contribution < 1.29 is 62.1 Å². The molecule has 20 heteroatoms. The van der Waals surface area contributed by atoms with Gasteiger partial charge in [0.25, 0.3) is 0 Å². The average molecular weight is 1030 g/mol. The van der Waals surface area contributed by atoms with Crippen molar-refractivity contribution in [1.82, 2.24) is 35.6 Å². The number of aromatic nitrogens is 1. The van der Waals surface area contributed by atoms with Crippen molar-refractivity contribution in [2.45, 2.75) is 183 Å². The Bertz CT molecular complexity index is 2320. The quantitative estimate of drug-likeness (QED) is 0.0331. The van der Waals surface area contributed by atoms with Gasteiger partial charge in [0.05, 0.1) is 12.6 Å². The largest absolute Gasteiger partial charge is 0.480 e. The Morgan fingerprint density at radius 2 is 1.42 bits per heavy atom. The summed E-state index contributed by atoms with van der Waals surface area (Å²) in [7, 11) is 4.78. The molecule has 19 nitrogen and oxygen atoms in total. The molecule has 5 atom stereocenters. The second-order valence-electron chi connectivity index (χ2n) is 22.6. The monoisotopic (exact) mass is 1030 g/mol. The molecule has 2 aromatic rings. The second kappa shape index (κ2) is 26.1. The molecule has 5 N–H and O–H groups in total. The minimum Gasteiger partial charge on any atom is -0.480 e. The molecule has 1 aromatic heterocycles. The van der Waals surface area contributed by atoms with Crippen LogP contribution < -0.4 is 21.3 Å². The van der Waals surface area contributed by atoms with Crippen LogP contribution in [0.25, 0.3) is 10.9 Å². The molecule has 0 spiro atoms. The van der Waals surface area contributed by atoms with Crippen molar-refractivity contribution in [2.24, 2.45) is 18.4 Å². The van der Waals surface area contributed by atoms with Crippen LogP contribution in [0.5, 0.6) is 0 Å². The molecular formula is C53H84FN7O12. The van der Waals surface area contributed by atoms with Crippen LogP contribution in [0.4, 0.5) is 14.0 Å². The number of ether oxygens (including phenoxy) is 3. The molecule has 6 amide bonds. The van der Waals surface area contributed by atoms with Crippen LogP contribution in [-0.2, 0) is 55.4 Å². The normalized spacial score (nSPS) is 14.5. The van der Waals surface area contributed by atoms with Gasteiger partial charge in [0, 0.05) is 62.2 Å². The van der Waals surface area contributed by atoms with Crippen molar-refractivity contribution in [2.75, 3.05) is 27.2 Å². The lowest BCUT2D eigenvalue weighted by atomic mass is 9.76. The molecule has 1 heterocycles. The summed E-state index contributed by atoms with van der Waals surface area (Å²) < 4.78 is 32.7. The first kappa shape index (κ1) is 62.9. The van der Waals surface area contributed by atoms with E-state index < -0.39 is 106 Å². The van der Waals surface area contributed by atoms with E-state index in [1.54, 1.807) is 116 Å². The maximum Gasteiger partial charge on any atom is 0.410 e. The van der Waals surface area contributed by atoms with Gasteiger partial charge in [-0.1, -0.05) is 54.5 Å². The molecule has 1 aromatic carbocycles. The number of amides is 6. The number of unbranched alkanes of at least 4 members (excludes halogenated alkanes) is 1. The maximum atomic E-state index is 15.0. The fourth-order valence-electron chi connectivity index (χ4n) is 8.30. The lowest BCUT2D eigenvalue weighted by Gasteiger charge is -2.42. The van der Waals surface area contributed by atoms with Crippen LogP contribution in [0.3, 0.4) is 0 Å². The van der Waals surface area contributed by atoms with Crippen molar-refractivity contribution >= 4 is 58.7 Å². The molecule has 410 valence electrons. The Balaban J connectivity index is 2.38. The molecule has 0 radical (unpaired) electrons. The second-order valence-corrected chi connectivity index (χ2v) is 22.6. The van der Waals surface area contributed by atoms with Gasteiger partial charge in [-0.05, 0) is 116 Å². The van der Waals surface area contributed by atoms with Crippen LogP contribution in [0, 0.1) is 17.2 Å². The van der Waals surface area contributed by atoms with E-state index >= 15 is 0 Å². The summed E-state index contributed by atoms with van der Waals surface area (Å²) in [6.45, 7) is 26.1. The van der Waals surface area contributed by atoms with E-state index in [9.17, 15) is 47.9 Å². The number of carbonyl (C=O) groups is 8. The third-order valence-corrected chi connectivity index (χ3v) is 12.1. The van der Waals surface area contributed by atoms with E-state index in [4.69, 9.17) is 14.2 Å². The zero-order chi connectivity index (χ0) is 56.1. The smallest absolute Gasteiger partial charge is 0.410 e. The van der Waals surface area contributed by atoms with E-state index in [1.807, 2.05) is 18.4 Å². The first-order valence-corrected chi connectivity index (χ1v) is 24.9. The van der Waals surface area contributed by atoms with Crippen molar-refractivity contribution in [3.8, 4) is 0 Å². The number of carboxylic acids is 1. The van der Waals surface area contributed by atoms with Crippen LogP contribution in [-0.4, -0.2) is 136 Å². The SMILES string of the molecule is CCOC(=O)[C@@H](CCC(=O)N[C@@H](CCCCNC(=O)OC(C)(C)C)C(=O)O)NC(=O)/C(C)=C/[C@H](C(C)C)N(C)C(=O)[C@@H](NC(=O)[C@@H](N(C)C(=O)OC(C)(C)C)C(C)(C)c1cn(C)c2ccc(F)cc12)C(C)(C)C.